The van der Waals surface area contributed by atoms with Gasteiger partial charge in [0.15, 0.2) is 5.82 Å². The van der Waals surface area contributed by atoms with E-state index in [2.05, 4.69) is 29.9 Å². The fraction of sp³-hybridized carbons (Fsp3) is 0.467. The second kappa shape index (κ2) is 5.39. The highest BCUT2D eigenvalue weighted by Crippen LogP contribution is 2.27. The standard InChI is InChI=1S/C15H19N3S/c1-3-4-13-11-5-6-16-7-14(11)18-15(17-13)12-9-19-8-10(12)2/h8-9,16H,3-7H2,1-2H3. The van der Waals surface area contributed by atoms with Crippen LogP contribution in [0.25, 0.3) is 11.4 Å². The van der Waals surface area contributed by atoms with Crippen molar-refractivity contribution < 1.29 is 0 Å². The van der Waals surface area contributed by atoms with Crippen LogP contribution in [-0.2, 0) is 19.4 Å². The summed E-state index contributed by atoms with van der Waals surface area (Å²) in [7, 11) is 0. The molecule has 0 radical (unpaired) electrons. The summed E-state index contributed by atoms with van der Waals surface area (Å²) in [6, 6.07) is 0. The molecule has 0 atom stereocenters. The lowest BCUT2D eigenvalue weighted by Gasteiger charge is -2.20. The van der Waals surface area contributed by atoms with Gasteiger partial charge in [0.1, 0.15) is 0 Å². The molecule has 1 N–H and O–H groups in total. The van der Waals surface area contributed by atoms with Crippen molar-refractivity contribution >= 4 is 11.3 Å². The minimum absolute atomic E-state index is 0.880. The maximum Gasteiger partial charge on any atom is 0.160 e. The highest BCUT2D eigenvalue weighted by molar-refractivity contribution is 7.08. The van der Waals surface area contributed by atoms with E-state index in [1.54, 1.807) is 11.3 Å². The molecule has 4 heteroatoms. The van der Waals surface area contributed by atoms with E-state index in [0.29, 0.717) is 0 Å². The minimum Gasteiger partial charge on any atom is -0.311 e. The molecule has 1 aliphatic heterocycles. The fourth-order valence-electron chi connectivity index (χ4n) is 2.59. The largest absolute Gasteiger partial charge is 0.311 e. The molecule has 1 aliphatic rings. The molecule has 2 aromatic heterocycles. The summed E-state index contributed by atoms with van der Waals surface area (Å²) < 4.78 is 0. The highest BCUT2D eigenvalue weighted by atomic mass is 32.1. The van der Waals surface area contributed by atoms with Gasteiger partial charge in [-0.25, -0.2) is 9.97 Å². The maximum absolute atomic E-state index is 4.85. The SMILES string of the molecule is CCCc1nc(-c2cscc2C)nc2c1CCNC2. The predicted octanol–water partition coefficient (Wildman–Crippen LogP) is 3.11. The van der Waals surface area contributed by atoms with Gasteiger partial charge in [0.2, 0.25) is 0 Å². The summed E-state index contributed by atoms with van der Waals surface area (Å²) in [5.74, 6) is 0.907. The van der Waals surface area contributed by atoms with Gasteiger partial charge in [0.25, 0.3) is 0 Å². The van der Waals surface area contributed by atoms with Crippen molar-refractivity contribution in [2.45, 2.75) is 39.7 Å². The van der Waals surface area contributed by atoms with Gasteiger partial charge in [-0.1, -0.05) is 13.3 Å². The summed E-state index contributed by atoms with van der Waals surface area (Å²) >= 11 is 1.72. The van der Waals surface area contributed by atoms with Crippen LogP contribution in [-0.4, -0.2) is 16.5 Å². The molecule has 3 rings (SSSR count). The lowest BCUT2D eigenvalue weighted by atomic mass is 10.0. The number of hydrogen-bond acceptors (Lipinski definition) is 4. The van der Waals surface area contributed by atoms with Gasteiger partial charge in [-0.05, 0) is 42.8 Å². The Morgan fingerprint density at radius 2 is 2.21 bits per heavy atom. The molecular weight excluding hydrogens is 254 g/mol. The number of fused-ring (bicyclic) bond motifs is 1. The Morgan fingerprint density at radius 3 is 2.95 bits per heavy atom. The van der Waals surface area contributed by atoms with Gasteiger partial charge in [0, 0.05) is 23.2 Å². The molecule has 2 aromatic rings. The third-order valence-corrected chi connectivity index (χ3v) is 4.47. The van der Waals surface area contributed by atoms with E-state index < -0.39 is 0 Å². The Bertz CT molecular complexity index is 589. The number of nitrogens with one attached hydrogen (secondary N) is 1. The van der Waals surface area contributed by atoms with Crippen LogP contribution in [0.4, 0.5) is 0 Å². The van der Waals surface area contributed by atoms with E-state index in [9.17, 15) is 0 Å². The summed E-state index contributed by atoms with van der Waals surface area (Å²) in [6.07, 6.45) is 3.26. The highest BCUT2D eigenvalue weighted by Gasteiger charge is 2.18. The number of hydrogen-bond donors (Lipinski definition) is 1. The molecule has 3 nitrogen and oxygen atoms in total. The van der Waals surface area contributed by atoms with E-state index in [0.717, 1.165) is 38.2 Å². The molecule has 0 amide bonds. The van der Waals surface area contributed by atoms with Crippen LogP contribution in [0.1, 0.15) is 35.9 Å². The van der Waals surface area contributed by atoms with E-state index in [4.69, 9.17) is 9.97 Å². The molecular formula is C15H19N3S. The van der Waals surface area contributed by atoms with Gasteiger partial charge in [-0.3, -0.25) is 0 Å². The Kier molecular flexibility index (Phi) is 3.62. The fourth-order valence-corrected chi connectivity index (χ4v) is 3.42. The van der Waals surface area contributed by atoms with Crippen molar-refractivity contribution in [1.82, 2.24) is 15.3 Å². The van der Waals surface area contributed by atoms with Gasteiger partial charge in [-0.2, -0.15) is 11.3 Å². The van der Waals surface area contributed by atoms with Crippen molar-refractivity contribution in [3.63, 3.8) is 0 Å². The Morgan fingerprint density at radius 1 is 1.32 bits per heavy atom. The summed E-state index contributed by atoms with van der Waals surface area (Å²) in [4.78, 5) is 9.64. The first-order valence-electron chi connectivity index (χ1n) is 6.92. The van der Waals surface area contributed by atoms with Crippen molar-refractivity contribution in [2.75, 3.05) is 6.54 Å². The minimum atomic E-state index is 0.880. The Hall–Kier alpha value is -1.26. The molecule has 0 spiro atoms. The Labute approximate surface area is 118 Å². The predicted molar refractivity (Wildman–Crippen MR) is 79.5 cm³/mol. The smallest absolute Gasteiger partial charge is 0.160 e. The van der Waals surface area contributed by atoms with Crippen molar-refractivity contribution in [1.29, 1.82) is 0 Å². The molecule has 3 heterocycles. The first-order chi connectivity index (χ1) is 9.29. The second-order valence-corrected chi connectivity index (χ2v) is 5.81. The third-order valence-electron chi connectivity index (χ3n) is 3.61. The quantitative estimate of drug-likeness (QED) is 0.933. The number of aryl methyl sites for hydroxylation is 2. The molecule has 0 aromatic carbocycles. The van der Waals surface area contributed by atoms with Crippen LogP contribution < -0.4 is 5.32 Å². The third kappa shape index (κ3) is 2.42. The lowest BCUT2D eigenvalue weighted by Crippen LogP contribution is -2.26. The molecule has 100 valence electrons. The first kappa shape index (κ1) is 12.8. The zero-order valence-electron chi connectivity index (χ0n) is 11.5. The van der Waals surface area contributed by atoms with E-state index in [1.165, 1.54) is 28.1 Å². The average molecular weight is 273 g/mol. The molecule has 0 fully saturated rings. The molecule has 0 bridgehead atoms. The van der Waals surface area contributed by atoms with Gasteiger partial charge in [0.05, 0.1) is 5.69 Å². The summed E-state index contributed by atoms with van der Waals surface area (Å²) in [6.45, 7) is 6.27. The van der Waals surface area contributed by atoms with Crippen LogP contribution in [0.2, 0.25) is 0 Å². The number of rotatable bonds is 3. The van der Waals surface area contributed by atoms with Crippen molar-refractivity contribution in [2.24, 2.45) is 0 Å². The molecule has 0 saturated carbocycles. The molecule has 19 heavy (non-hydrogen) atoms. The molecule has 0 unspecified atom stereocenters. The van der Waals surface area contributed by atoms with Gasteiger partial charge < -0.3 is 5.32 Å². The zero-order chi connectivity index (χ0) is 13.2. The first-order valence-corrected chi connectivity index (χ1v) is 7.86. The average Bonchev–Trinajstić information content (AvgIpc) is 2.85. The van der Waals surface area contributed by atoms with E-state index in [1.807, 2.05) is 0 Å². The van der Waals surface area contributed by atoms with Gasteiger partial charge in [-0.15, -0.1) is 0 Å². The summed E-state index contributed by atoms with van der Waals surface area (Å²) in [5.41, 5.74) is 6.31. The summed E-state index contributed by atoms with van der Waals surface area (Å²) in [5, 5.41) is 7.73. The van der Waals surface area contributed by atoms with Crippen molar-refractivity contribution in [3.05, 3.63) is 33.3 Å². The van der Waals surface area contributed by atoms with Crippen LogP contribution in [0.5, 0.6) is 0 Å². The topological polar surface area (TPSA) is 37.8 Å². The number of nitrogens with zero attached hydrogens (tertiary/aromatic N) is 2. The van der Waals surface area contributed by atoms with Crippen LogP contribution >= 0.6 is 11.3 Å². The van der Waals surface area contributed by atoms with Crippen molar-refractivity contribution in [3.8, 4) is 11.4 Å². The number of aromatic nitrogens is 2. The van der Waals surface area contributed by atoms with Crippen LogP contribution in [0.15, 0.2) is 10.8 Å². The second-order valence-electron chi connectivity index (χ2n) is 5.06. The van der Waals surface area contributed by atoms with E-state index >= 15 is 0 Å². The zero-order valence-corrected chi connectivity index (χ0v) is 12.3. The Balaban J connectivity index is 2.11. The van der Waals surface area contributed by atoms with Crippen LogP contribution in [0, 0.1) is 6.92 Å². The molecule has 0 saturated heterocycles. The monoisotopic (exact) mass is 273 g/mol. The molecule has 0 aliphatic carbocycles. The normalized spacial score (nSPS) is 14.4. The maximum atomic E-state index is 4.85. The van der Waals surface area contributed by atoms with E-state index in [-0.39, 0.29) is 0 Å². The lowest BCUT2D eigenvalue weighted by molar-refractivity contribution is 0.614. The number of thiophene rings is 1. The van der Waals surface area contributed by atoms with Gasteiger partial charge >= 0.3 is 0 Å². The van der Waals surface area contributed by atoms with Crippen LogP contribution in [0.3, 0.4) is 0 Å².